The van der Waals surface area contributed by atoms with E-state index in [1.807, 2.05) is 18.6 Å². The number of aromatic nitrogens is 4. The van der Waals surface area contributed by atoms with Gasteiger partial charge in [-0.15, -0.1) is 0 Å². The molecule has 1 aliphatic heterocycles. The average molecular weight is 328 g/mol. The topological polar surface area (TPSA) is 67.3 Å². The normalized spacial score (nSPS) is 16.4. The summed E-state index contributed by atoms with van der Waals surface area (Å²) in [7, 11) is 2.11. The van der Waals surface area contributed by atoms with Crippen LogP contribution in [0.2, 0.25) is 0 Å². The van der Waals surface area contributed by atoms with Gasteiger partial charge in [0.25, 0.3) is 0 Å². The maximum absolute atomic E-state index is 5.36. The van der Waals surface area contributed by atoms with Crippen LogP contribution in [0.1, 0.15) is 18.2 Å². The van der Waals surface area contributed by atoms with Gasteiger partial charge in [0.15, 0.2) is 0 Å². The van der Waals surface area contributed by atoms with Crippen LogP contribution in [0.3, 0.4) is 0 Å². The third kappa shape index (κ3) is 4.46. The van der Waals surface area contributed by atoms with Gasteiger partial charge < -0.3 is 9.64 Å². The number of ether oxygens (including phenoxy) is 1. The maximum Gasteiger partial charge on any atom is 0.225 e. The molecule has 1 aliphatic rings. The smallest absolute Gasteiger partial charge is 0.225 e. The Morgan fingerprint density at radius 3 is 2.54 bits per heavy atom. The molecular formula is C17H24N6O. The maximum atomic E-state index is 5.36. The number of likely N-dealkylation sites (N-methyl/N-ethyl adjacent to an activating group) is 1. The van der Waals surface area contributed by atoms with Gasteiger partial charge in [-0.25, -0.2) is 9.97 Å². The minimum Gasteiger partial charge on any atom is -0.378 e. The average Bonchev–Trinajstić information content (AvgIpc) is 2.64. The standard InChI is InChI=1S/C17H24N6O/c1-14(9-16-12-18-3-4-19-16)22(2)13-15-10-20-17(21-11-15)23-5-7-24-8-6-23/h3-4,10-12,14H,5-9,13H2,1-2H3. The first-order valence-corrected chi connectivity index (χ1v) is 8.31. The summed E-state index contributed by atoms with van der Waals surface area (Å²) in [6.45, 7) is 6.20. The van der Waals surface area contributed by atoms with Gasteiger partial charge in [0.05, 0.1) is 18.9 Å². The Morgan fingerprint density at radius 1 is 1.12 bits per heavy atom. The lowest BCUT2D eigenvalue weighted by atomic mass is 10.1. The van der Waals surface area contributed by atoms with E-state index in [4.69, 9.17) is 4.74 Å². The molecule has 1 atom stereocenters. The number of morpholine rings is 1. The number of hydrogen-bond donors (Lipinski definition) is 0. The molecule has 1 fully saturated rings. The van der Waals surface area contributed by atoms with Gasteiger partial charge in [-0.2, -0.15) is 0 Å². The van der Waals surface area contributed by atoms with Crippen LogP contribution in [0.15, 0.2) is 31.0 Å². The molecule has 2 aromatic heterocycles. The van der Waals surface area contributed by atoms with Gasteiger partial charge in [-0.1, -0.05) is 0 Å². The molecular weight excluding hydrogens is 304 g/mol. The van der Waals surface area contributed by atoms with Gasteiger partial charge in [-0.3, -0.25) is 14.9 Å². The summed E-state index contributed by atoms with van der Waals surface area (Å²) in [4.78, 5) is 21.9. The van der Waals surface area contributed by atoms with Gasteiger partial charge >= 0.3 is 0 Å². The van der Waals surface area contributed by atoms with E-state index in [-0.39, 0.29) is 0 Å². The molecule has 0 amide bonds. The molecule has 128 valence electrons. The van der Waals surface area contributed by atoms with Crippen LogP contribution in [0, 0.1) is 0 Å². The Morgan fingerprint density at radius 2 is 1.88 bits per heavy atom. The van der Waals surface area contributed by atoms with Crippen molar-refractivity contribution in [3.63, 3.8) is 0 Å². The Bertz CT molecular complexity index is 615. The van der Waals surface area contributed by atoms with E-state index in [9.17, 15) is 0 Å². The molecule has 2 aromatic rings. The molecule has 7 heteroatoms. The third-order valence-corrected chi connectivity index (χ3v) is 4.29. The summed E-state index contributed by atoms with van der Waals surface area (Å²) >= 11 is 0. The molecule has 3 heterocycles. The van der Waals surface area contributed by atoms with Gasteiger partial charge in [0.2, 0.25) is 5.95 Å². The van der Waals surface area contributed by atoms with Crippen LogP contribution in [-0.2, 0) is 17.7 Å². The molecule has 0 aromatic carbocycles. The highest BCUT2D eigenvalue weighted by molar-refractivity contribution is 5.30. The molecule has 0 radical (unpaired) electrons. The minimum absolute atomic E-state index is 0.362. The minimum atomic E-state index is 0.362. The molecule has 0 aliphatic carbocycles. The fourth-order valence-electron chi connectivity index (χ4n) is 2.69. The summed E-state index contributed by atoms with van der Waals surface area (Å²) in [5.41, 5.74) is 2.12. The second-order valence-electron chi connectivity index (χ2n) is 6.16. The predicted octanol–water partition coefficient (Wildman–Crippen LogP) is 1.17. The second kappa shape index (κ2) is 8.12. The van der Waals surface area contributed by atoms with Crippen molar-refractivity contribution < 1.29 is 4.74 Å². The van der Waals surface area contributed by atoms with E-state index in [2.05, 4.69) is 43.7 Å². The van der Waals surface area contributed by atoms with Crippen molar-refractivity contribution >= 4 is 5.95 Å². The first kappa shape index (κ1) is 16.7. The summed E-state index contributed by atoms with van der Waals surface area (Å²) in [5.74, 6) is 0.789. The summed E-state index contributed by atoms with van der Waals surface area (Å²) < 4.78 is 5.36. The Labute approximate surface area is 142 Å². The van der Waals surface area contributed by atoms with E-state index in [1.165, 1.54) is 0 Å². The lowest BCUT2D eigenvalue weighted by Crippen LogP contribution is -2.37. The van der Waals surface area contributed by atoms with E-state index < -0.39 is 0 Å². The largest absolute Gasteiger partial charge is 0.378 e. The van der Waals surface area contributed by atoms with E-state index in [1.54, 1.807) is 12.4 Å². The second-order valence-corrected chi connectivity index (χ2v) is 6.16. The van der Waals surface area contributed by atoms with Crippen LogP contribution in [0.4, 0.5) is 5.95 Å². The highest BCUT2D eigenvalue weighted by atomic mass is 16.5. The van der Waals surface area contributed by atoms with E-state index in [0.717, 1.165) is 56.5 Å². The highest BCUT2D eigenvalue weighted by Gasteiger charge is 2.15. The molecule has 1 saturated heterocycles. The van der Waals surface area contributed by atoms with E-state index in [0.29, 0.717) is 6.04 Å². The Hall–Kier alpha value is -2.12. The highest BCUT2D eigenvalue weighted by Crippen LogP contribution is 2.12. The van der Waals surface area contributed by atoms with Crippen molar-refractivity contribution in [2.75, 3.05) is 38.3 Å². The first-order valence-electron chi connectivity index (χ1n) is 8.31. The van der Waals surface area contributed by atoms with Crippen LogP contribution in [0.25, 0.3) is 0 Å². The zero-order valence-electron chi connectivity index (χ0n) is 14.3. The predicted molar refractivity (Wildman–Crippen MR) is 91.7 cm³/mol. The van der Waals surface area contributed by atoms with Gasteiger partial charge in [0.1, 0.15) is 0 Å². The molecule has 0 saturated carbocycles. The van der Waals surface area contributed by atoms with Crippen LogP contribution < -0.4 is 4.90 Å². The lowest BCUT2D eigenvalue weighted by molar-refractivity contribution is 0.122. The zero-order valence-corrected chi connectivity index (χ0v) is 14.3. The summed E-state index contributed by atoms with van der Waals surface area (Å²) in [5, 5.41) is 0. The first-order chi connectivity index (χ1) is 11.7. The summed E-state index contributed by atoms with van der Waals surface area (Å²) in [6.07, 6.45) is 9.97. The zero-order chi connectivity index (χ0) is 16.8. The SMILES string of the molecule is CC(Cc1cnccn1)N(C)Cc1cnc(N2CCOCC2)nc1. The van der Waals surface area contributed by atoms with Crippen LogP contribution in [-0.4, -0.2) is 64.2 Å². The molecule has 0 spiro atoms. The number of rotatable bonds is 6. The molecule has 24 heavy (non-hydrogen) atoms. The van der Waals surface area contributed by atoms with Crippen molar-refractivity contribution in [3.05, 3.63) is 42.2 Å². The number of anilines is 1. The number of nitrogens with zero attached hydrogens (tertiary/aromatic N) is 6. The van der Waals surface area contributed by atoms with Crippen molar-refractivity contribution in [2.24, 2.45) is 0 Å². The third-order valence-electron chi connectivity index (χ3n) is 4.29. The molecule has 3 rings (SSSR count). The quantitative estimate of drug-likeness (QED) is 0.788. The fourth-order valence-corrected chi connectivity index (χ4v) is 2.69. The summed E-state index contributed by atoms with van der Waals surface area (Å²) in [6, 6.07) is 0.362. The van der Waals surface area contributed by atoms with E-state index >= 15 is 0 Å². The monoisotopic (exact) mass is 328 g/mol. The molecule has 7 nitrogen and oxygen atoms in total. The molecule has 1 unspecified atom stereocenters. The molecule has 0 bridgehead atoms. The van der Waals surface area contributed by atoms with Crippen molar-refractivity contribution in [1.82, 2.24) is 24.8 Å². The lowest BCUT2D eigenvalue weighted by Gasteiger charge is -2.27. The van der Waals surface area contributed by atoms with Crippen molar-refractivity contribution in [1.29, 1.82) is 0 Å². The fraction of sp³-hybridized carbons (Fsp3) is 0.529. The van der Waals surface area contributed by atoms with Crippen molar-refractivity contribution in [3.8, 4) is 0 Å². The van der Waals surface area contributed by atoms with Gasteiger partial charge in [0, 0.05) is 68.6 Å². The van der Waals surface area contributed by atoms with Crippen molar-refractivity contribution in [2.45, 2.75) is 25.9 Å². The Kier molecular flexibility index (Phi) is 5.66. The van der Waals surface area contributed by atoms with Crippen LogP contribution in [0.5, 0.6) is 0 Å². The number of hydrogen-bond acceptors (Lipinski definition) is 7. The Balaban J connectivity index is 1.54. The molecule has 0 N–H and O–H groups in total. The van der Waals surface area contributed by atoms with Crippen LogP contribution >= 0.6 is 0 Å². The van der Waals surface area contributed by atoms with Gasteiger partial charge in [-0.05, 0) is 14.0 Å².